The monoisotopic (exact) mass is 392 g/mol. The average Bonchev–Trinajstić information content (AvgIpc) is 3.34. The average molecular weight is 393 g/mol. The highest BCUT2D eigenvalue weighted by molar-refractivity contribution is 6.30. The highest BCUT2D eigenvalue weighted by Gasteiger charge is 2.67. The van der Waals surface area contributed by atoms with Crippen molar-refractivity contribution in [2.45, 2.75) is 6.42 Å². The van der Waals surface area contributed by atoms with Gasteiger partial charge in [0.1, 0.15) is 11.5 Å². The van der Waals surface area contributed by atoms with Crippen molar-refractivity contribution in [2.24, 2.45) is 40.6 Å². The number of rotatable bonds is 3. The first kappa shape index (κ1) is 16.3. The molecule has 140 valence electrons. The normalized spacial score (nSPS) is 35.0. The third-order valence-electron chi connectivity index (χ3n) is 6.70. The van der Waals surface area contributed by atoms with Gasteiger partial charge in [0.05, 0.1) is 18.1 Å². The minimum atomic E-state index is -0.232. The van der Waals surface area contributed by atoms with E-state index in [1.54, 1.807) is 18.2 Å². The third kappa shape index (κ3) is 2.23. The number of hydrogen-bond acceptors (Lipinski definition) is 4. The smallest absolute Gasteiger partial charge is 0.254 e. The summed E-state index contributed by atoms with van der Waals surface area (Å²) in [5, 5.41) is 5.93. The van der Waals surface area contributed by atoms with Gasteiger partial charge in [-0.3, -0.25) is 9.59 Å². The second-order valence-electron chi connectivity index (χ2n) is 8.10. The van der Waals surface area contributed by atoms with Crippen molar-refractivity contribution in [3.8, 4) is 11.3 Å². The number of furan rings is 1. The van der Waals surface area contributed by atoms with Crippen LogP contribution in [0.25, 0.3) is 11.3 Å². The van der Waals surface area contributed by atoms with Gasteiger partial charge in [-0.1, -0.05) is 23.8 Å². The summed E-state index contributed by atoms with van der Waals surface area (Å²) in [4.78, 5) is 25.8. The van der Waals surface area contributed by atoms with Crippen molar-refractivity contribution in [1.29, 1.82) is 0 Å². The summed E-state index contributed by atoms with van der Waals surface area (Å²) in [6.45, 7) is 0. The van der Waals surface area contributed by atoms with Crippen LogP contribution in [0.1, 0.15) is 12.2 Å². The molecule has 2 amide bonds. The summed E-state index contributed by atoms with van der Waals surface area (Å²) < 4.78 is 5.78. The molecule has 0 unspecified atom stereocenters. The van der Waals surface area contributed by atoms with Crippen LogP contribution in [0.2, 0.25) is 5.02 Å². The molecule has 28 heavy (non-hydrogen) atoms. The van der Waals surface area contributed by atoms with E-state index in [0.29, 0.717) is 28.4 Å². The van der Waals surface area contributed by atoms with E-state index in [9.17, 15) is 9.59 Å². The molecule has 6 atom stereocenters. The standard InChI is InChI=1S/C22H17ClN2O3/c23-12-3-1-11(2-4-12)18-8-5-13(28-18)10-24-25-21(26)19-14-6-7-15(17-9-16(14)17)20(19)22(25)27/h1-8,10,14-17,19-20H,9H2/b24-10-/t14-,15-,16-,17-,19+,20+/m0/s1. The van der Waals surface area contributed by atoms with E-state index in [1.165, 1.54) is 6.21 Å². The Morgan fingerprint density at radius 3 is 2.25 bits per heavy atom. The molecule has 5 nitrogen and oxygen atoms in total. The van der Waals surface area contributed by atoms with Crippen molar-refractivity contribution in [1.82, 2.24) is 5.01 Å². The van der Waals surface area contributed by atoms with Gasteiger partial charge in [0.25, 0.3) is 11.8 Å². The van der Waals surface area contributed by atoms with Crippen LogP contribution in [0.4, 0.5) is 0 Å². The van der Waals surface area contributed by atoms with Gasteiger partial charge in [0.15, 0.2) is 0 Å². The molecule has 3 fully saturated rings. The molecule has 1 aliphatic heterocycles. The Labute approximate surface area is 166 Å². The van der Waals surface area contributed by atoms with Crippen LogP contribution < -0.4 is 0 Å². The van der Waals surface area contributed by atoms with E-state index < -0.39 is 0 Å². The summed E-state index contributed by atoms with van der Waals surface area (Å²) in [7, 11) is 0. The lowest BCUT2D eigenvalue weighted by Crippen LogP contribution is -2.40. The number of benzene rings is 1. The lowest BCUT2D eigenvalue weighted by Gasteiger charge is -2.37. The van der Waals surface area contributed by atoms with Crippen molar-refractivity contribution >= 4 is 29.6 Å². The Morgan fingerprint density at radius 1 is 0.964 bits per heavy atom. The number of amides is 2. The molecule has 1 saturated heterocycles. The second-order valence-corrected chi connectivity index (χ2v) is 8.53. The fourth-order valence-corrected chi connectivity index (χ4v) is 5.49. The Balaban J connectivity index is 1.24. The van der Waals surface area contributed by atoms with Gasteiger partial charge in [-0.2, -0.15) is 10.1 Å². The van der Waals surface area contributed by atoms with Crippen molar-refractivity contribution in [3.05, 3.63) is 59.3 Å². The Hall–Kier alpha value is -2.66. The molecule has 5 aliphatic rings. The zero-order valence-corrected chi connectivity index (χ0v) is 15.6. The topological polar surface area (TPSA) is 62.9 Å². The molecule has 2 heterocycles. The van der Waals surface area contributed by atoms with Crippen LogP contribution in [-0.2, 0) is 9.59 Å². The maximum absolute atomic E-state index is 12.9. The number of carbonyl (C=O) groups is 2. The summed E-state index contributed by atoms with van der Waals surface area (Å²) in [6, 6.07) is 10.9. The molecule has 0 N–H and O–H groups in total. The molecule has 6 heteroatoms. The van der Waals surface area contributed by atoms with E-state index in [-0.39, 0.29) is 35.5 Å². The lowest BCUT2D eigenvalue weighted by atomic mass is 9.63. The first-order chi connectivity index (χ1) is 13.6. The van der Waals surface area contributed by atoms with E-state index in [4.69, 9.17) is 16.0 Å². The molecule has 2 saturated carbocycles. The summed E-state index contributed by atoms with van der Waals surface area (Å²) in [6.07, 6.45) is 6.91. The van der Waals surface area contributed by atoms with E-state index in [2.05, 4.69) is 17.3 Å². The highest BCUT2D eigenvalue weighted by Crippen LogP contribution is 2.65. The van der Waals surface area contributed by atoms with E-state index in [1.807, 2.05) is 18.2 Å². The lowest BCUT2D eigenvalue weighted by molar-refractivity contribution is -0.140. The number of imide groups is 1. The molecule has 2 aromatic rings. The molecular formula is C22H17ClN2O3. The second kappa shape index (κ2) is 5.67. The SMILES string of the molecule is O=C1[C@@H]2[C@H]3C=C[C@@H]([C@@H]4C[C@@H]34)[C@H]2C(=O)N1/N=C\c1ccc(-c2ccc(Cl)cc2)o1. The summed E-state index contributed by atoms with van der Waals surface area (Å²) in [5.41, 5.74) is 0.894. The zero-order valence-electron chi connectivity index (χ0n) is 14.9. The minimum absolute atomic E-state index is 0.166. The summed E-state index contributed by atoms with van der Waals surface area (Å²) in [5.74, 6) is 1.95. The van der Waals surface area contributed by atoms with Crippen LogP contribution in [-0.4, -0.2) is 23.0 Å². The maximum Gasteiger partial charge on any atom is 0.254 e. The molecule has 1 aromatic heterocycles. The molecule has 0 radical (unpaired) electrons. The Kier molecular flexibility index (Phi) is 3.30. The quantitative estimate of drug-likeness (QED) is 0.451. The maximum atomic E-state index is 12.9. The van der Waals surface area contributed by atoms with Gasteiger partial charge in [-0.05, 0) is 66.5 Å². The largest absolute Gasteiger partial charge is 0.455 e. The molecule has 4 aliphatic carbocycles. The van der Waals surface area contributed by atoms with Crippen LogP contribution >= 0.6 is 11.6 Å². The van der Waals surface area contributed by atoms with Crippen LogP contribution in [0.15, 0.2) is 58.1 Å². The number of hydrogen-bond donors (Lipinski definition) is 0. The molecule has 0 spiro atoms. The first-order valence-corrected chi connectivity index (χ1v) is 9.95. The highest BCUT2D eigenvalue weighted by atomic mass is 35.5. The predicted molar refractivity (Wildman–Crippen MR) is 103 cm³/mol. The van der Waals surface area contributed by atoms with Gasteiger partial charge < -0.3 is 4.42 Å². The molecular weight excluding hydrogens is 376 g/mol. The number of hydrazone groups is 1. The predicted octanol–water partition coefficient (Wildman–Crippen LogP) is 3.99. The van der Waals surface area contributed by atoms with Gasteiger partial charge in [0.2, 0.25) is 0 Å². The first-order valence-electron chi connectivity index (χ1n) is 9.58. The van der Waals surface area contributed by atoms with Gasteiger partial charge >= 0.3 is 0 Å². The fourth-order valence-electron chi connectivity index (χ4n) is 5.36. The van der Waals surface area contributed by atoms with Crippen LogP contribution in [0.3, 0.4) is 0 Å². The minimum Gasteiger partial charge on any atom is -0.455 e. The number of nitrogens with zero attached hydrogens (tertiary/aromatic N) is 2. The fraction of sp³-hybridized carbons (Fsp3) is 0.318. The van der Waals surface area contributed by atoms with Crippen molar-refractivity contribution < 1.29 is 14.0 Å². The zero-order chi connectivity index (χ0) is 19.0. The van der Waals surface area contributed by atoms with Crippen LogP contribution in [0, 0.1) is 35.5 Å². The summed E-state index contributed by atoms with van der Waals surface area (Å²) >= 11 is 5.92. The van der Waals surface area contributed by atoms with Gasteiger partial charge in [-0.15, -0.1) is 0 Å². The molecule has 2 bridgehead atoms. The Bertz CT molecular complexity index is 1020. The van der Waals surface area contributed by atoms with Gasteiger partial charge in [-0.25, -0.2) is 0 Å². The van der Waals surface area contributed by atoms with Gasteiger partial charge in [0, 0.05) is 10.6 Å². The number of allylic oxidation sites excluding steroid dienone is 2. The van der Waals surface area contributed by atoms with E-state index >= 15 is 0 Å². The van der Waals surface area contributed by atoms with Crippen molar-refractivity contribution in [3.63, 3.8) is 0 Å². The van der Waals surface area contributed by atoms with E-state index in [0.717, 1.165) is 17.0 Å². The molecule has 1 aromatic carbocycles. The third-order valence-corrected chi connectivity index (χ3v) is 6.95. The number of halogens is 1. The number of carbonyl (C=O) groups excluding carboxylic acids is 2. The molecule has 7 rings (SSSR count). The van der Waals surface area contributed by atoms with Crippen LogP contribution in [0.5, 0.6) is 0 Å². The Morgan fingerprint density at radius 2 is 1.61 bits per heavy atom. The van der Waals surface area contributed by atoms with Crippen molar-refractivity contribution in [2.75, 3.05) is 0 Å².